The van der Waals surface area contributed by atoms with Crippen LogP contribution in [0.1, 0.15) is 19.8 Å². The molecule has 2 fully saturated rings. The molecule has 2 bridgehead atoms. The summed E-state index contributed by atoms with van der Waals surface area (Å²) in [5, 5.41) is 16.9. The van der Waals surface area contributed by atoms with Crippen molar-refractivity contribution in [3.8, 4) is 17.6 Å². The third-order valence-electron chi connectivity index (χ3n) is 6.26. The summed E-state index contributed by atoms with van der Waals surface area (Å²) in [6.45, 7) is 4.57. The molecule has 1 saturated carbocycles. The van der Waals surface area contributed by atoms with Gasteiger partial charge < -0.3 is 19.7 Å². The van der Waals surface area contributed by atoms with E-state index in [1.165, 1.54) is 12.8 Å². The van der Waals surface area contributed by atoms with Crippen molar-refractivity contribution < 1.29 is 9.47 Å². The Morgan fingerprint density at radius 1 is 1.19 bits per heavy atom. The number of anilines is 2. The lowest BCUT2D eigenvalue weighted by atomic mass is 9.92. The fourth-order valence-electron chi connectivity index (χ4n) is 4.73. The van der Waals surface area contributed by atoms with E-state index in [-0.39, 0.29) is 0 Å². The quantitative estimate of drug-likeness (QED) is 0.574. The molecule has 2 aromatic heterocycles. The Kier molecular flexibility index (Phi) is 5.73. The SMILES string of the molecule is CCn1nc(N[C@H]2[C@@H]3CC[C@H]2CN(c2cnnc(OC)c2)C3)nc1Oc1cccc(Cl)c1. The lowest BCUT2D eigenvalue weighted by Crippen LogP contribution is -2.48. The molecule has 2 aliphatic rings. The van der Waals surface area contributed by atoms with Gasteiger partial charge in [0.1, 0.15) is 5.75 Å². The second-order valence-electron chi connectivity index (χ2n) is 8.22. The average Bonchev–Trinajstić information content (AvgIpc) is 3.28. The first-order valence-electron chi connectivity index (χ1n) is 10.9. The monoisotopic (exact) mass is 455 g/mol. The third kappa shape index (κ3) is 4.17. The van der Waals surface area contributed by atoms with Crippen LogP contribution in [0.15, 0.2) is 36.5 Å². The van der Waals surface area contributed by atoms with Crippen LogP contribution in [0.3, 0.4) is 0 Å². The zero-order valence-electron chi connectivity index (χ0n) is 18.1. The van der Waals surface area contributed by atoms with Crippen LogP contribution in [0.2, 0.25) is 5.02 Å². The number of hydrogen-bond donors (Lipinski definition) is 1. The minimum Gasteiger partial charge on any atom is -0.480 e. The van der Waals surface area contributed by atoms with E-state index in [2.05, 4.69) is 30.5 Å². The van der Waals surface area contributed by atoms with Gasteiger partial charge in [-0.25, -0.2) is 4.68 Å². The van der Waals surface area contributed by atoms with Crippen LogP contribution in [-0.2, 0) is 6.54 Å². The molecule has 1 aromatic carbocycles. The topological polar surface area (TPSA) is 90.2 Å². The molecule has 1 saturated heterocycles. The van der Waals surface area contributed by atoms with Crippen LogP contribution in [0, 0.1) is 11.8 Å². The van der Waals surface area contributed by atoms with E-state index >= 15 is 0 Å². The first-order valence-corrected chi connectivity index (χ1v) is 11.3. The molecule has 0 spiro atoms. The minimum absolute atomic E-state index is 0.328. The van der Waals surface area contributed by atoms with Crippen molar-refractivity contribution in [2.24, 2.45) is 11.8 Å². The van der Waals surface area contributed by atoms with E-state index in [1.54, 1.807) is 24.1 Å². The van der Waals surface area contributed by atoms with Crippen molar-refractivity contribution in [1.82, 2.24) is 25.0 Å². The molecule has 168 valence electrons. The maximum Gasteiger partial charge on any atom is 0.322 e. The van der Waals surface area contributed by atoms with Crippen LogP contribution >= 0.6 is 11.6 Å². The van der Waals surface area contributed by atoms with Crippen molar-refractivity contribution in [3.05, 3.63) is 41.6 Å². The first-order chi connectivity index (χ1) is 15.6. The Morgan fingerprint density at radius 2 is 2.00 bits per heavy atom. The molecular weight excluding hydrogens is 430 g/mol. The lowest BCUT2D eigenvalue weighted by Gasteiger charge is -2.39. The van der Waals surface area contributed by atoms with Gasteiger partial charge in [-0.05, 0) is 49.8 Å². The van der Waals surface area contributed by atoms with Crippen LogP contribution in [0.5, 0.6) is 17.6 Å². The fourth-order valence-corrected chi connectivity index (χ4v) is 4.91. The average molecular weight is 456 g/mol. The minimum atomic E-state index is 0.328. The summed E-state index contributed by atoms with van der Waals surface area (Å²) in [4.78, 5) is 7.00. The molecule has 5 rings (SSSR count). The second-order valence-corrected chi connectivity index (χ2v) is 8.66. The Hall–Kier alpha value is -3.07. The van der Waals surface area contributed by atoms with Crippen LogP contribution in [0.25, 0.3) is 0 Å². The standard InChI is InChI=1S/C22H26ClN7O2/c1-3-30-22(32-18-6-4-5-16(23)9-18)26-21(28-30)25-20-14-7-8-15(20)13-29(12-14)17-10-19(31-2)27-24-11-17/h4-6,9-11,14-15,20H,3,7-8,12-13H2,1-2H3,(H,25,28)/t14-,15+,20+. The van der Waals surface area contributed by atoms with Gasteiger partial charge in [0, 0.05) is 36.8 Å². The fraction of sp³-hybridized carbons (Fsp3) is 0.455. The molecule has 9 nitrogen and oxygen atoms in total. The number of aryl methyl sites for hydroxylation is 1. The molecule has 3 heterocycles. The second kappa shape index (κ2) is 8.82. The van der Waals surface area contributed by atoms with Gasteiger partial charge in [-0.1, -0.05) is 17.7 Å². The predicted molar refractivity (Wildman–Crippen MR) is 122 cm³/mol. The number of nitrogens with zero attached hydrogens (tertiary/aromatic N) is 6. The zero-order chi connectivity index (χ0) is 22.1. The van der Waals surface area contributed by atoms with E-state index < -0.39 is 0 Å². The predicted octanol–water partition coefficient (Wildman–Crippen LogP) is 3.87. The summed E-state index contributed by atoms with van der Waals surface area (Å²) in [6, 6.07) is 10.0. The first kappa shape index (κ1) is 20.8. The molecule has 0 radical (unpaired) electrons. The van der Waals surface area contributed by atoms with Gasteiger partial charge in [0.05, 0.1) is 19.0 Å². The molecular formula is C22H26ClN7O2. The maximum atomic E-state index is 6.08. The Balaban J connectivity index is 1.29. The maximum absolute atomic E-state index is 6.08. The van der Waals surface area contributed by atoms with Crippen molar-refractivity contribution in [2.75, 3.05) is 30.4 Å². The van der Waals surface area contributed by atoms with Gasteiger partial charge in [-0.15, -0.1) is 10.2 Å². The zero-order valence-corrected chi connectivity index (χ0v) is 18.9. The molecule has 1 N–H and O–H groups in total. The van der Waals surface area contributed by atoms with Gasteiger partial charge in [0.25, 0.3) is 0 Å². The summed E-state index contributed by atoms with van der Waals surface area (Å²) in [5.41, 5.74) is 1.05. The van der Waals surface area contributed by atoms with Crippen LogP contribution in [0.4, 0.5) is 11.6 Å². The van der Waals surface area contributed by atoms with Crippen LogP contribution in [-0.4, -0.2) is 51.2 Å². The van der Waals surface area contributed by atoms with E-state index in [4.69, 9.17) is 21.1 Å². The van der Waals surface area contributed by atoms with Gasteiger partial charge in [-0.2, -0.15) is 10.1 Å². The Bertz CT molecular complexity index is 1080. The number of nitrogens with one attached hydrogen (secondary N) is 1. The van der Waals surface area contributed by atoms with Crippen molar-refractivity contribution in [1.29, 1.82) is 0 Å². The number of methoxy groups -OCH3 is 1. The number of aromatic nitrogens is 5. The highest BCUT2D eigenvalue weighted by Gasteiger charge is 2.42. The molecule has 0 unspecified atom stereocenters. The highest BCUT2D eigenvalue weighted by atomic mass is 35.5. The van der Waals surface area contributed by atoms with E-state index in [9.17, 15) is 0 Å². The molecule has 1 aliphatic heterocycles. The van der Waals surface area contributed by atoms with Gasteiger partial charge in [0.2, 0.25) is 11.8 Å². The molecule has 32 heavy (non-hydrogen) atoms. The Labute approximate surface area is 191 Å². The van der Waals surface area contributed by atoms with Gasteiger partial charge in [0.15, 0.2) is 0 Å². The molecule has 3 aromatic rings. The van der Waals surface area contributed by atoms with Crippen molar-refractivity contribution in [3.63, 3.8) is 0 Å². The summed E-state index contributed by atoms with van der Waals surface area (Å²) in [5.74, 6) is 2.78. The summed E-state index contributed by atoms with van der Waals surface area (Å²) in [7, 11) is 1.61. The van der Waals surface area contributed by atoms with Crippen molar-refractivity contribution >= 4 is 23.2 Å². The van der Waals surface area contributed by atoms with E-state index in [1.807, 2.05) is 31.2 Å². The largest absolute Gasteiger partial charge is 0.480 e. The summed E-state index contributed by atoms with van der Waals surface area (Å²) >= 11 is 6.08. The molecule has 1 aliphatic carbocycles. The molecule has 10 heteroatoms. The number of benzene rings is 1. The van der Waals surface area contributed by atoms with Gasteiger partial charge >= 0.3 is 6.01 Å². The van der Waals surface area contributed by atoms with Gasteiger partial charge in [-0.3, -0.25) is 0 Å². The summed E-state index contributed by atoms with van der Waals surface area (Å²) in [6.07, 6.45) is 4.16. The normalized spacial score (nSPS) is 22.1. The molecule has 3 atom stereocenters. The smallest absolute Gasteiger partial charge is 0.322 e. The number of rotatable bonds is 7. The number of ether oxygens (including phenoxy) is 2. The molecule has 0 amide bonds. The summed E-state index contributed by atoms with van der Waals surface area (Å²) < 4.78 is 12.9. The number of halogens is 1. The third-order valence-corrected chi connectivity index (χ3v) is 6.50. The lowest BCUT2D eigenvalue weighted by molar-refractivity contribution is 0.372. The Morgan fingerprint density at radius 3 is 2.72 bits per heavy atom. The number of piperidine rings is 1. The van der Waals surface area contributed by atoms with Crippen LogP contribution < -0.4 is 19.7 Å². The highest BCUT2D eigenvalue weighted by molar-refractivity contribution is 6.30. The number of hydrogen-bond acceptors (Lipinski definition) is 8. The highest BCUT2D eigenvalue weighted by Crippen LogP contribution is 2.40. The van der Waals surface area contributed by atoms with E-state index in [0.717, 1.165) is 18.8 Å². The van der Waals surface area contributed by atoms with Crippen molar-refractivity contribution in [2.45, 2.75) is 32.4 Å². The van der Waals surface area contributed by atoms with E-state index in [0.29, 0.717) is 53.0 Å². The number of fused-ring (bicyclic) bond motifs is 2.